The number of aryl methyl sites for hydroxylation is 2. The van der Waals surface area contributed by atoms with Crippen molar-refractivity contribution in [1.82, 2.24) is 9.78 Å². The molecule has 1 aromatic heterocycles. The second-order valence-corrected chi connectivity index (χ2v) is 9.21. The summed E-state index contributed by atoms with van der Waals surface area (Å²) in [6.45, 7) is 5.38. The minimum atomic E-state index is 0.181. The summed E-state index contributed by atoms with van der Waals surface area (Å²) in [5, 5.41) is 23.3. The van der Waals surface area contributed by atoms with E-state index in [2.05, 4.69) is 30.1 Å². The first kappa shape index (κ1) is 18.6. The van der Waals surface area contributed by atoms with Gasteiger partial charge >= 0.3 is 0 Å². The van der Waals surface area contributed by atoms with E-state index in [1.165, 1.54) is 42.5 Å². The maximum absolute atomic E-state index is 9.86. The first-order valence-corrected chi connectivity index (χ1v) is 11.0. The molecule has 5 heteroatoms. The lowest BCUT2D eigenvalue weighted by Gasteiger charge is -2.49. The van der Waals surface area contributed by atoms with E-state index in [0.717, 1.165) is 30.9 Å². The molecular formula is C24H30N4O. The zero-order valence-corrected chi connectivity index (χ0v) is 17.4. The van der Waals surface area contributed by atoms with Crippen LogP contribution in [0.1, 0.15) is 68.6 Å². The molecule has 0 amide bonds. The van der Waals surface area contributed by atoms with Gasteiger partial charge in [0.05, 0.1) is 12.4 Å². The van der Waals surface area contributed by atoms with Gasteiger partial charge in [0, 0.05) is 29.4 Å². The number of rotatable bonds is 3. The SMILES string of the molecule is CCn1cc(/C=N\N=C2\CC[C@@H]3[C@H]4CCc5cc(O)ccc5[C@@H]4CC[C@@]23C)cn1. The average molecular weight is 391 g/mol. The van der Waals surface area contributed by atoms with Gasteiger partial charge in [0.2, 0.25) is 0 Å². The molecule has 2 saturated carbocycles. The van der Waals surface area contributed by atoms with E-state index < -0.39 is 0 Å². The lowest BCUT2D eigenvalue weighted by Crippen LogP contribution is -2.42. The van der Waals surface area contributed by atoms with Crippen molar-refractivity contribution in [3.63, 3.8) is 0 Å². The summed E-state index contributed by atoms with van der Waals surface area (Å²) in [6.07, 6.45) is 12.7. The standard InChI is InChI=1S/C24H30N4O/c1-3-28-15-16(14-26-28)13-25-27-23-9-8-22-21-6-4-17-12-18(29)5-7-19(17)20(21)10-11-24(22,23)2/h5,7,12-15,20-22,29H,3-4,6,8-11H2,1-2H3/b25-13-,27-23-/t20-,21-,22+,24+/m0/s1. The Balaban J connectivity index is 1.37. The van der Waals surface area contributed by atoms with Crippen molar-refractivity contribution in [3.05, 3.63) is 47.3 Å². The Morgan fingerprint density at radius 1 is 1.28 bits per heavy atom. The molecule has 29 heavy (non-hydrogen) atoms. The number of benzene rings is 1. The number of nitrogens with zero attached hydrogens (tertiary/aromatic N) is 4. The molecule has 0 unspecified atom stereocenters. The van der Waals surface area contributed by atoms with Crippen LogP contribution in [0.25, 0.3) is 0 Å². The van der Waals surface area contributed by atoms with Gasteiger partial charge in [-0.15, -0.1) is 0 Å². The predicted molar refractivity (Wildman–Crippen MR) is 116 cm³/mol. The highest BCUT2D eigenvalue weighted by Crippen LogP contribution is 2.60. The molecule has 5 nitrogen and oxygen atoms in total. The van der Waals surface area contributed by atoms with Gasteiger partial charge in [-0.2, -0.15) is 15.3 Å². The summed E-state index contributed by atoms with van der Waals surface area (Å²) >= 11 is 0. The minimum Gasteiger partial charge on any atom is -0.508 e. The molecule has 0 radical (unpaired) electrons. The van der Waals surface area contributed by atoms with Crippen LogP contribution in [0.15, 0.2) is 40.8 Å². The van der Waals surface area contributed by atoms with Gasteiger partial charge in [-0.3, -0.25) is 4.68 Å². The number of fused-ring (bicyclic) bond motifs is 5. The second-order valence-electron chi connectivity index (χ2n) is 9.21. The topological polar surface area (TPSA) is 62.8 Å². The van der Waals surface area contributed by atoms with Crippen molar-refractivity contribution in [2.75, 3.05) is 0 Å². The smallest absolute Gasteiger partial charge is 0.115 e. The summed E-state index contributed by atoms with van der Waals surface area (Å²) < 4.78 is 1.91. The Morgan fingerprint density at radius 3 is 3.00 bits per heavy atom. The van der Waals surface area contributed by atoms with Gasteiger partial charge in [-0.05, 0) is 86.5 Å². The van der Waals surface area contributed by atoms with Crippen LogP contribution in [-0.4, -0.2) is 26.8 Å². The molecule has 5 rings (SSSR count). The highest BCUT2D eigenvalue weighted by Gasteiger charge is 2.53. The molecule has 1 N–H and O–H groups in total. The van der Waals surface area contributed by atoms with Crippen molar-refractivity contribution >= 4 is 11.9 Å². The van der Waals surface area contributed by atoms with Crippen LogP contribution in [0.2, 0.25) is 0 Å². The molecule has 152 valence electrons. The maximum atomic E-state index is 9.86. The molecule has 3 aliphatic carbocycles. The van der Waals surface area contributed by atoms with E-state index in [4.69, 9.17) is 5.10 Å². The third-order valence-electron chi connectivity index (χ3n) is 7.81. The van der Waals surface area contributed by atoms with Crippen LogP contribution >= 0.6 is 0 Å². The molecule has 2 fully saturated rings. The van der Waals surface area contributed by atoms with E-state index in [0.29, 0.717) is 17.6 Å². The van der Waals surface area contributed by atoms with Gasteiger partial charge in [0.25, 0.3) is 0 Å². The third kappa shape index (κ3) is 3.11. The fraction of sp³-hybridized carbons (Fsp3) is 0.542. The lowest BCUT2D eigenvalue weighted by molar-refractivity contribution is 0.0955. The molecule has 3 aliphatic rings. The quantitative estimate of drug-likeness (QED) is 0.596. The normalized spacial score (nSPS) is 32.3. The van der Waals surface area contributed by atoms with Gasteiger partial charge < -0.3 is 5.11 Å². The number of hydrogen-bond donors (Lipinski definition) is 1. The maximum Gasteiger partial charge on any atom is 0.115 e. The van der Waals surface area contributed by atoms with E-state index in [1.807, 2.05) is 35.4 Å². The molecular weight excluding hydrogens is 360 g/mol. The zero-order chi connectivity index (χ0) is 20.0. The van der Waals surface area contributed by atoms with Gasteiger partial charge in [0.15, 0.2) is 0 Å². The van der Waals surface area contributed by atoms with Crippen molar-refractivity contribution in [2.45, 2.75) is 64.8 Å². The number of phenols is 1. The number of phenolic OH excluding ortho intramolecular Hbond substituents is 1. The Kier molecular flexibility index (Phi) is 4.56. The lowest BCUT2D eigenvalue weighted by atomic mass is 9.55. The third-order valence-corrected chi connectivity index (χ3v) is 7.81. The van der Waals surface area contributed by atoms with Crippen molar-refractivity contribution in [2.24, 2.45) is 27.5 Å². The fourth-order valence-electron chi connectivity index (χ4n) is 6.31. The summed E-state index contributed by atoms with van der Waals surface area (Å²) in [7, 11) is 0. The largest absolute Gasteiger partial charge is 0.508 e. The molecule has 2 aromatic rings. The molecule has 1 aromatic carbocycles. The summed E-state index contributed by atoms with van der Waals surface area (Å²) in [5.41, 5.74) is 5.32. The monoisotopic (exact) mass is 390 g/mol. The van der Waals surface area contributed by atoms with Crippen molar-refractivity contribution in [1.29, 1.82) is 0 Å². The Morgan fingerprint density at radius 2 is 2.17 bits per heavy atom. The van der Waals surface area contributed by atoms with Crippen LogP contribution in [0, 0.1) is 17.3 Å². The van der Waals surface area contributed by atoms with Gasteiger partial charge in [0.1, 0.15) is 5.75 Å². The van der Waals surface area contributed by atoms with Crippen LogP contribution in [0.5, 0.6) is 5.75 Å². The molecule has 0 spiro atoms. The van der Waals surface area contributed by atoms with Crippen molar-refractivity contribution in [3.8, 4) is 5.75 Å². The van der Waals surface area contributed by atoms with Crippen LogP contribution in [-0.2, 0) is 13.0 Å². The van der Waals surface area contributed by atoms with Gasteiger partial charge in [-0.1, -0.05) is 13.0 Å². The van der Waals surface area contributed by atoms with Crippen molar-refractivity contribution < 1.29 is 5.11 Å². The van der Waals surface area contributed by atoms with Crippen LogP contribution in [0.3, 0.4) is 0 Å². The number of hydrogen-bond acceptors (Lipinski definition) is 4. The molecule has 1 heterocycles. The van der Waals surface area contributed by atoms with E-state index >= 15 is 0 Å². The highest BCUT2D eigenvalue weighted by atomic mass is 16.3. The van der Waals surface area contributed by atoms with E-state index in [-0.39, 0.29) is 5.41 Å². The summed E-state index contributed by atoms with van der Waals surface area (Å²) in [5.74, 6) is 2.46. The fourth-order valence-corrected chi connectivity index (χ4v) is 6.31. The van der Waals surface area contributed by atoms with Crippen LogP contribution < -0.4 is 0 Å². The minimum absolute atomic E-state index is 0.181. The highest BCUT2D eigenvalue weighted by molar-refractivity contribution is 5.93. The Hall–Kier alpha value is -2.43. The zero-order valence-electron chi connectivity index (χ0n) is 17.4. The second kappa shape index (κ2) is 7.12. The first-order valence-electron chi connectivity index (χ1n) is 11.0. The molecule has 4 atom stereocenters. The molecule has 0 aliphatic heterocycles. The number of aromatic nitrogens is 2. The average Bonchev–Trinajstić information content (AvgIpc) is 3.32. The first-order chi connectivity index (χ1) is 14.1. The predicted octanol–water partition coefficient (Wildman–Crippen LogP) is 4.94. The van der Waals surface area contributed by atoms with Gasteiger partial charge in [-0.25, -0.2) is 0 Å². The van der Waals surface area contributed by atoms with E-state index in [1.54, 1.807) is 0 Å². The summed E-state index contributed by atoms with van der Waals surface area (Å²) in [4.78, 5) is 0. The molecule has 0 saturated heterocycles. The summed E-state index contributed by atoms with van der Waals surface area (Å²) in [6, 6.07) is 6.02. The van der Waals surface area contributed by atoms with E-state index in [9.17, 15) is 5.11 Å². The van der Waals surface area contributed by atoms with Crippen LogP contribution in [0.4, 0.5) is 0 Å². The number of aromatic hydroxyl groups is 1. The molecule has 0 bridgehead atoms. The Labute approximate surface area is 172 Å². The Bertz CT molecular complexity index is 975.